The van der Waals surface area contributed by atoms with Crippen molar-refractivity contribution in [1.29, 1.82) is 0 Å². The molecular weight excluding hydrogens is 215 g/mol. The van der Waals surface area contributed by atoms with Crippen LogP contribution in [0, 0.1) is 0 Å². The molecule has 0 atom stereocenters. The molecule has 74 valence electrons. The molecule has 0 radical (unpaired) electrons. The molecule has 0 bridgehead atoms. The van der Waals surface area contributed by atoms with E-state index >= 15 is 0 Å². The van der Waals surface area contributed by atoms with Crippen molar-refractivity contribution >= 4 is 29.7 Å². The van der Waals surface area contributed by atoms with Gasteiger partial charge in [0.05, 0.1) is 0 Å². The number of allylic oxidation sites excluding steroid dienone is 2. The van der Waals surface area contributed by atoms with Crippen LogP contribution in [0.15, 0.2) is 48.0 Å². The molecule has 4 rings (SSSR count). The average molecular weight is 223 g/mol. The van der Waals surface area contributed by atoms with Gasteiger partial charge in [0.25, 0.3) is 0 Å². The molecule has 0 amide bonds. The predicted octanol–water partition coefficient (Wildman–Crippen LogP) is 4.38. The number of benzene rings is 2. The van der Waals surface area contributed by atoms with E-state index in [1.165, 1.54) is 21.9 Å². The Hall–Kier alpha value is -1.72. The third kappa shape index (κ3) is 0.874. The minimum Gasteiger partial charge on any atom is -0.0626 e. The van der Waals surface area contributed by atoms with E-state index in [0.29, 0.717) is 0 Å². The molecule has 2 aliphatic rings. The van der Waals surface area contributed by atoms with Crippen LogP contribution in [0.4, 0.5) is 0 Å². The van der Waals surface area contributed by atoms with Gasteiger partial charge in [0, 0.05) is 11.1 Å². The Labute approximate surface area is 93.9 Å². The van der Waals surface area contributed by atoms with Gasteiger partial charge in [0.1, 0.15) is 0 Å². The molecule has 2 heteroatoms. The van der Waals surface area contributed by atoms with Crippen molar-refractivity contribution in [1.82, 2.24) is 0 Å². The van der Waals surface area contributed by atoms with Gasteiger partial charge >= 0.3 is 7.80 Å². The van der Waals surface area contributed by atoms with Gasteiger partial charge in [-0.1, -0.05) is 41.0 Å². The largest absolute Gasteiger partial charge is 0.401 e. The summed E-state index contributed by atoms with van der Waals surface area (Å²) in [7, 11) is -1.28. The van der Waals surface area contributed by atoms with E-state index in [9.17, 15) is 4.57 Å². The van der Waals surface area contributed by atoms with Gasteiger partial charge in [-0.15, -0.1) is 0 Å². The Bertz CT molecular complexity index is 666. The van der Waals surface area contributed by atoms with Crippen molar-refractivity contribution in [2.75, 3.05) is 0 Å². The Kier molecular flexibility index (Phi) is 1.42. The summed E-state index contributed by atoms with van der Waals surface area (Å²) in [5, 5.41) is 2.58. The molecule has 0 spiro atoms. The molecule has 16 heavy (non-hydrogen) atoms. The van der Waals surface area contributed by atoms with Gasteiger partial charge in [-0.25, -0.2) is 0 Å². The summed E-state index contributed by atoms with van der Waals surface area (Å²) < 4.78 is 11.6. The highest BCUT2D eigenvalue weighted by atomic mass is 31.1. The Morgan fingerprint density at radius 2 is 1.38 bits per heavy atom. The van der Waals surface area contributed by atoms with Crippen molar-refractivity contribution in [3.8, 4) is 0 Å². The van der Waals surface area contributed by atoms with Crippen LogP contribution >= 0.6 is 7.80 Å². The van der Waals surface area contributed by atoms with Crippen molar-refractivity contribution < 1.29 is 4.57 Å². The topological polar surface area (TPSA) is 17.1 Å². The van der Waals surface area contributed by atoms with Crippen LogP contribution in [0.1, 0.15) is 11.1 Å². The van der Waals surface area contributed by atoms with Crippen molar-refractivity contribution in [2.24, 2.45) is 0 Å². The van der Waals surface area contributed by atoms with Crippen LogP contribution in [0.25, 0.3) is 21.9 Å². The molecule has 0 aromatic heterocycles. The molecule has 0 saturated carbocycles. The summed E-state index contributed by atoms with van der Waals surface area (Å²) in [6.45, 7) is 0. The van der Waals surface area contributed by atoms with E-state index in [4.69, 9.17) is 0 Å². The maximum absolute atomic E-state index is 11.6. The van der Waals surface area contributed by atoms with Crippen LogP contribution < -0.4 is 0 Å². The second-order valence-electron chi connectivity index (χ2n) is 4.15. The average Bonchev–Trinajstić information content (AvgIpc) is 2.80. The van der Waals surface area contributed by atoms with E-state index in [1.807, 2.05) is 11.6 Å². The quantitative estimate of drug-likeness (QED) is 0.606. The summed E-state index contributed by atoms with van der Waals surface area (Å²) in [6, 6.07) is 12.6. The molecule has 2 aromatic carbocycles. The molecule has 1 aliphatic heterocycles. The fourth-order valence-electron chi connectivity index (χ4n) is 2.65. The Balaban J connectivity index is 2.27. The van der Waals surface area contributed by atoms with Gasteiger partial charge in [-0.2, -0.15) is 0 Å². The number of hydrogen-bond donors (Lipinski definition) is 0. The highest BCUT2D eigenvalue weighted by molar-refractivity contribution is 7.53. The van der Waals surface area contributed by atoms with Crippen LogP contribution in [0.3, 0.4) is 0 Å². The van der Waals surface area contributed by atoms with Gasteiger partial charge < -0.3 is 0 Å². The molecular formula is C14H8OP+. The summed E-state index contributed by atoms with van der Waals surface area (Å²) in [6.07, 6.45) is 0. The second kappa shape index (κ2) is 2.69. The van der Waals surface area contributed by atoms with E-state index in [2.05, 4.69) is 36.4 Å². The van der Waals surface area contributed by atoms with Crippen LogP contribution in [-0.4, -0.2) is 0 Å². The lowest BCUT2D eigenvalue weighted by Crippen LogP contribution is -1.76. The first kappa shape index (κ1) is 8.43. The fraction of sp³-hybridized carbons (Fsp3) is 0. The van der Waals surface area contributed by atoms with E-state index in [1.54, 1.807) is 0 Å². The van der Waals surface area contributed by atoms with Crippen molar-refractivity contribution in [3.05, 3.63) is 59.2 Å². The Morgan fingerprint density at radius 1 is 0.812 bits per heavy atom. The minimum atomic E-state index is -1.28. The lowest BCUT2D eigenvalue weighted by molar-refractivity contribution is 0.597. The highest BCUT2D eigenvalue weighted by Gasteiger charge is 2.33. The van der Waals surface area contributed by atoms with E-state index < -0.39 is 7.80 Å². The predicted molar refractivity (Wildman–Crippen MR) is 67.5 cm³/mol. The summed E-state index contributed by atoms with van der Waals surface area (Å²) in [5.74, 6) is 3.78. The fourth-order valence-corrected chi connectivity index (χ4v) is 3.79. The zero-order valence-corrected chi connectivity index (χ0v) is 9.37. The Morgan fingerprint density at radius 3 is 1.94 bits per heavy atom. The van der Waals surface area contributed by atoms with Gasteiger partial charge in [0.2, 0.25) is 0 Å². The molecule has 1 heterocycles. The molecule has 2 aromatic rings. The normalized spacial score (nSPS) is 16.4. The maximum atomic E-state index is 11.6. The van der Waals surface area contributed by atoms with Crippen LogP contribution in [0.5, 0.6) is 0 Å². The lowest BCUT2D eigenvalue weighted by atomic mass is 10.0. The van der Waals surface area contributed by atoms with Crippen LogP contribution in [-0.2, 0) is 4.57 Å². The zero-order valence-electron chi connectivity index (χ0n) is 8.47. The van der Waals surface area contributed by atoms with Gasteiger partial charge in [-0.3, -0.25) is 0 Å². The van der Waals surface area contributed by atoms with Gasteiger partial charge in [0.15, 0.2) is 11.6 Å². The highest BCUT2D eigenvalue weighted by Crippen LogP contribution is 2.54. The van der Waals surface area contributed by atoms with E-state index in [-0.39, 0.29) is 0 Å². The standard InChI is InChI=1S/C14H8OP/c15-16-7-12-10-5-1-3-9-4-2-6-11(14(9)10)13(12)8-16/h1-8H/q+1. The number of hydrogen-bond acceptors (Lipinski definition) is 1. The number of rotatable bonds is 0. The monoisotopic (exact) mass is 223 g/mol. The summed E-state index contributed by atoms with van der Waals surface area (Å²) in [5.41, 5.74) is 4.79. The molecule has 1 aliphatic carbocycles. The SMILES string of the molecule is O=[P+]1C=C2C(=C1)c1cccc3cccc2c13. The maximum Gasteiger partial charge on any atom is 0.401 e. The lowest BCUT2D eigenvalue weighted by Gasteiger charge is -1.99. The smallest absolute Gasteiger partial charge is 0.0626 e. The third-order valence-corrected chi connectivity index (χ3v) is 4.31. The van der Waals surface area contributed by atoms with Crippen molar-refractivity contribution in [2.45, 2.75) is 0 Å². The zero-order chi connectivity index (χ0) is 10.7. The van der Waals surface area contributed by atoms with E-state index in [0.717, 1.165) is 11.1 Å². The summed E-state index contributed by atoms with van der Waals surface area (Å²) >= 11 is 0. The first-order chi connectivity index (χ1) is 7.84. The summed E-state index contributed by atoms with van der Waals surface area (Å²) in [4.78, 5) is 0. The molecule has 0 N–H and O–H groups in total. The first-order valence-corrected chi connectivity index (χ1v) is 6.66. The minimum absolute atomic E-state index is 1.16. The van der Waals surface area contributed by atoms with Crippen molar-refractivity contribution in [3.63, 3.8) is 0 Å². The first-order valence-electron chi connectivity index (χ1n) is 5.26. The van der Waals surface area contributed by atoms with Gasteiger partial charge in [-0.05, 0) is 21.9 Å². The molecule has 0 saturated heterocycles. The molecule has 0 unspecified atom stereocenters. The molecule has 1 nitrogen and oxygen atoms in total. The van der Waals surface area contributed by atoms with Crippen LogP contribution in [0.2, 0.25) is 0 Å². The molecule has 0 fully saturated rings. The second-order valence-corrected chi connectivity index (χ2v) is 5.39. The third-order valence-electron chi connectivity index (χ3n) is 3.29. The number of fused-ring (bicyclic) bond motifs is 3.